The molecule has 0 unspecified atom stereocenters. The van der Waals surface area contributed by atoms with Crippen LogP contribution in [0.1, 0.15) is 174 Å². The minimum absolute atomic E-state index is 0.000344. The number of carboxylic acid groups (broad SMARTS) is 4. The van der Waals surface area contributed by atoms with E-state index in [1.54, 1.807) is 0 Å². The molecule has 0 spiro atoms. The number of nitrogens with two attached hydrogens (primary N) is 5. The summed E-state index contributed by atoms with van der Waals surface area (Å²) < 4.78 is 16.5. The maximum absolute atomic E-state index is 15.2. The fraction of sp³-hybridized carbons (Fsp3) is 0.618. The third-order valence-corrected chi connectivity index (χ3v) is 20.2. The van der Waals surface area contributed by atoms with Crippen LogP contribution in [0.25, 0.3) is 0 Å². The minimum atomic E-state index is -5.15. The number of amides is 13. The van der Waals surface area contributed by atoms with Crippen LogP contribution < -0.4 is 86.4 Å². The van der Waals surface area contributed by atoms with E-state index in [0.717, 1.165) is 17.0 Å². The molecule has 0 saturated carbocycles. The van der Waals surface area contributed by atoms with Crippen LogP contribution in [0.4, 0.5) is 0 Å². The molecule has 27 N–H and O–H groups in total. The third kappa shape index (κ3) is 35.5. The zero-order valence-corrected chi connectivity index (χ0v) is 68.6. The second-order valence-electron chi connectivity index (χ2n) is 30.4. The fourth-order valence-electron chi connectivity index (χ4n) is 13.5. The van der Waals surface area contributed by atoms with E-state index >= 15 is 9.59 Å². The number of nitrogens with zero attached hydrogens (tertiary/aromatic N) is 2. The predicted octanol–water partition coefficient (Wildman–Crippen LogP) is -3.55. The van der Waals surface area contributed by atoms with Crippen molar-refractivity contribution >= 4 is 108 Å². The molecule has 668 valence electrons. The van der Waals surface area contributed by atoms with Gasteiger partial charge in [-0.05, 0) is 176 Å². The second kappa shape index (κ2) is 50.8. The normalized spacial score (nSPS) is 16.7. The van der Waals surface area contributed by atoms with E-state index in [-0.39, 0.29) is 132 Å². The Morgan fingerprint density at radius 1 is 0.450 bits per heavy atom. The number of unbranched alkanes of at least 4 members (excludes halogenated alkanes) is 3. The molecule has 13 atom stereocenters. The second-order valence-corrected chi connectivity index (χ2v) is 31.5. The van der Waals surface area contributed by atoms with E-state index in [2.05, 4.69) is 57.7 Å². The van der Waals surface area contributed by atoms with Crippen molar-refractivity contribution in [1.82, 2.24) is 63.0 Å². The molecule has 4 rings (SSSR count). The van der Waals surface area contributed by atoms with Gasteiger partial charge < -0.3 is 122 Å². The Kier molecular flexibility index (Phi) is 42.9. The zero-order chi connectivity index (χ0) is 89.7. The average Bonchev–Trinajstić information content (AvgIpc) is 1.69. The SMILES string of the molecule is CC(C)C[C@H](N)C(=O)N1CCC[C@H]1C(=O)N[C@@H](CCC(N)=O)C(=O)N[C@@H](CC(=O)O)C(=O)N[C@@H](CCCCN)C(=O)N[C@@H](CCC(=O)O)C(=O)N[C@@H](Cc1ccc(OP(=O)(O)O)cc1)C(=O)N[C@@H](Cc1ccc(O)cc1)C(=O)N[C@@H](CCCCN)C(=O)N[C@H](C(=O)N[C@@H](CCCCN)C(=O)N[C@@H](CCC(=O)O)C(=O)N1CCC[C@H]1C(=O)O)C(C)C. The van der Waals surface area contributed by atoms with Gasteiger partial charge in [-0.15, -0.1) is 0 Å². The van der Waals surface area contributed by atoms with Gasteiger partial charge in [0.15, 0.2) is 0 Å². The van der Waals surface area contributed by atoms with Crippen LogP contribution in [0.15, 0.2) is 48.5 Å². The van der Waals surface area contributed by atoms with Gasteiger partial charge in [0.05, 0.1) is 12.5 Å². The zero-order valence-electron chi connectivity index (χ0n) is 67.7. The first-order chi connectivity index (χ1) is 56.6. The van der Waals surface area contributed by atoms with E-state index in [1.807, 2.05) is 13.8 Å². The van der Waals surface area contributed by atoms with Gasteiger partial charge >= 0.3 is 31.7 Å². The molecule has 2 heterocycles. The number of hydrogen-bond acceptors (Lipinski definition) is 24. The summed E-state index contributed by atoms with van der Waals surface area (Å²) in [5.41, 5.74) is 29.4. The Balaban J connectivity index is 1.74. The topological polar surface area (TPSA) is 715 Å². The van der Waals surface area contributed by atoms with E-state index in [0.29, 0.717) is 19.3 Å². The summed E-state index contributed by atoms with van der Waals surface area (Å²) in [5, 5.41) is 74.6. The highest BCUT2D eigenvalue weighted by atomic mass is 31.2. The average molecular weight is 1720 g/mol. The van der Waals surface area contributed by atoms with Crippen LogP contribution in [0, 0.1) is 11.8 Å². The molecule has 2 aromatic carbocycles. The van der Waals surface area contributed by atoms with Gasteiger partial charge in [-0.3, -0.25) is 86.5 Å². The first-order valence-electron chi connectivity index (χ1n) is 39.9. The fourth-order valence-corrected chi connectivity index (χ4v) is 13.9. The summed E-state index contributed by atoms with van der Waals surface area (Å²) >= 11 is 0. The first-order valence-corrected chi connectivity index (χ1v) is 41.4. The highest BCUT2D eigenvalue weighted by molar-refractivity contribution is 7.46. The van der Waals surface area contributed by atoms with Gasteiger partial charge in [-0.25, -0.2) is 9.36 Å². The molecule has 120 heavy (non-hydrogen) atoms. The highest BCUT2D eigenvalue weighted by Crippen LogP contribution is 2.37. The van der Waals surface area contributed by atoms with Crippen molar-refractivity contribution in [1.29, 1.82) is 0 Å². The van der Waals surface area contributed by atoms with Gasteiger partial charge in [-0.1, -0.05) is 52.0 Å². The summed E-state index contributed by atoms with van der Waals surface area (Å²) in [5.74, 6) is -20.6. The summed E-state index contributed by atoms with van der Waals surface area (Å²) in [6, 6.07) is -10.8. The van der Waals surface area contributed by atoms with Crippen molar-refractivity contribution in [2.45, 2.75) is 254 Å². The van der Waals surface area contributed by atoms with Crippen molar-refractivity contribution < 1.29 is 126 Å². The number of phosphoric ester groups is 1. The molecule has 13 amide bonds. The summed E-state index contributed by atoms with van der Waals surface area (Å²) in [7, 11) is -5.15. The summed E-state index contributed by atoms with van der Waals surface area (Å²) in [4.78, 5) is 255. The van der Waals surface area contributed by atoms with E-state index in [1.165, 1.54) is 55.1 Å². The van der Waals surface area contributed by atoms with E-state index in [4.69, 9.17) is 28.7 Å². The maximum Gasteiger partial charge on any atom is 0.524 e. The smallest absolute Gasteiger partial charge is 0.508 e. The van der Waals surface area contributed by atoms with Crippen molar-refractivity contribution in [3.63, 3.8) is 0 Å². The molecule has 2 fully saturated rings. The Bertz CT molecular complexity index is 3910. The number of phosphoric acid groups is 1. The lowest BCUT2D eigenvalue weighted by Gasteiger charge is -2.30. The lowest BCUT2D eigenvalue weighted by atomic mass is 9.99. The number of aliphatic carboxylic acids is 4. The van der Waals surface area contributed by atoms with Gasteiger partial charge in [0.25, 0.3) is 0 Å². The number of likely N-dealkylation sites (tertiary alicyclic amines) is 2. The van der Waals surface area contributed by atoms with E-state index in [9.17, 15) is 112 Å². The number of carbonyl (C=O) groups excluding carboxylic acids is 13. The number of benzene rings is 2. The maximum atomic E-state index is 15.2. The lowest BCUT2D eigenvalue weighted by Crippen LogP contribution is -2.61. The first kappa shape index (κ1) is 101. The molecule has 43 nitrogen and oxygen atoms in total. The Hall–Kier alpha value is -11.0. The number of carbonyl (C=O) groups is 17. The van der Waals surface area contributed by atoms with Crippen molar-refractivity contribution in [3.05, 3.63) is 59.7 Å². The third-order valence-electron chi connectivity index (χ3n) is 19.8. The van der Waals surface area contributed by atoms with Gasteiger partial charge in [0.2, 0.25) is 76.8 Å². The molecule has 2 aliphatic rings. The number of primary amides is 1. The van der Waals surface area contributed by atoms with Gasteiger partial charge in [-0.2, -0.15) is 0 Å². The number of hydrogen-bond donors (Lipinski definition) is 22. The van der Waals surface area contributed by atoms with Crippen LogP contribution in [0.2, 0.25) is 0 Å². The van der Waals surface area contributed by atoms with Crippen molar-refractivity contribution in [2.24, 2.45) is 40.5 Å². The van der Waals surface area contributed by atoms with Crippen molar-refractivity contribution in [3.8, 4) is 11.5 Å². The molecule has 2 aromatic rings. The molecule has 0 bridgehead atoms. The predicted molar refractivity (Wildman–Crippen MR) is 426 cm³/mol. The van der Waals surface area contributed by atoms with Crippen LogP contribution in [0.5, 0.6) is 11.5 Å². The van der Waals surface area contributed by atoms with Crippen LogP contribution >= 0.6 is 7.82 Å². The number of phenols is 1. The molecule has 0 radical (unpaired) electrons. The van der Waals surface area contributed by atoms with Gasteiger partial charge in [0.1, 0.15) is 84.0 Å². The molecule has 0 aliphatic carbocycles. The van der Waals surface area contributed by atoms with Gasteiger partial charge in [0, 0.05) is 45.2 Å². The number of nitrogens with one attached hydrogen (secondary N) is 10. The largest absolute Gasteiger partial charge is 0.524 e. The summed E-state index contributed by atoms with van der Waals surface area (Å²) in [6.07, 6.45) is -4.12. The standard InChI is InChI=1S/C76H118N17O26P/c1-41(2)37-47(80)74(112)92-35-11-16-57(92)72(110)85-51(26-29-59(81)95)66(104)90-56(40-62(100)101)71(109)82-48(13-5-8-32-77)64(102)84-52(27-30-60(96)97)67(105)88-55(39-44-20-24-46(25-21-44)119-120(116,117)118)70(108)89-54(38-43-18-22-45(94)23-19-43)69(107)83-50(15-7-10-34-79)68(106)91-63(42(3)4)73(111)86-49(14-6-9-33-78)65(103)87-53(28-31-61(98)99)75(113)93-36-12-17-58(93)76(114)115/h18-25,41-42,47-58,63,94H,5-17,26-40,77-80H2,1-4H3,(H2,81,95)(H,82,109)(H,83,107)(H,84,102)(H,85,110)(H,86,111)(H,87,103)(H,88,105)(H,89,108)(H,90,104)(H,91,106)(H,96,97)(H,98,99)(H,100,101)(H,114,115)(H2,116,117,118)/t47-,48-,49-,50-,51-,52-,53-,54-,55-,56-,57-,58-,63-/m0/s1. The van der Waals surface area contributed by atoms with Crippen LogP contribution in [0.3, 0.4) is 0 Å². The monoisotopic (exact) mass is 1720 g/mol. The molecule has 2 aliphatic heterocycles. The lowest BCUT2D eigenvalue weighted by molar-refractivity contribution is -0.150. The van der Waals surface area contributed by atoms with Crippen LogP contribution in [-0.4, -0.2) is 257 Å². The minimum Gasteiger partial charge on any atom is -0.508 e. The number of aromatic hydroxyl groups is 1. The summed E-state index contributed by atoms with van der Waals surface area (Å²) in [6.45, 7) is 7.18. The molecular formula is C76H118N17O26P. The Labute approximate surface area is 693 Å². The molecule has 0 aromatic heterocycles. The molecule has 44 heteroatoms. The quantitative estimate of drug-likeness (QED) is 0.0225. The highest BCUT2D eigenvalue weighted by Gasteiger charge is 2.43. The van der Waals surface area contributed by atoms with E-state index < -0.39 is 251 Å². The molecule has 2 saturated heterocycles. The Morgan fingerprint density at radius 3 is 1.23 bits per heavy atom. The van der Waals surface area contributed by atoms with Crippen LogP contribution in [-0.2, 0) is 98.9 Å². The number of phenolic OH excluding ortho intramolecular Hbond substituents is 1. The molecular weight excluding hydrogens is 1600 g/mol. The number of rotatable bonds is 55. The number of carboxylic acids is 4. The van der Waals surface area contributed by atoms with Crippen molar-refractivity contribution in [2.75, 3.05) is 32.7 Å². The Morgan fingerprint density at radius 2 is 0.817 bits per heavy atom.